The summed E-state index contributed by atoms with van der Waals surface area (Å²) in [5.74, 6) is 3.28. The Kier molecular flexibility index (Phi) is 9.46. The molecule has 1 heterocycles. The lowest BCUT2D eigenvalue weighted by Crippen LogP contribution is -2.41. The number of aliphatic imine (C=N–C) groups is 1. The number of para-hydroxylation sites is 1. The van der Waals surface area contributed by atoms with Crippen molar-refractivity contribution >= 4 is 5.96 Å². The lowest BCUT2D eigenvalue weighted by Gasteiger charge is -2.33. The average molecular weight is 375 g/mol. The molecular weight excluding hydrogens is 336 g/mol. The minimum absolute atomic E-state index is 0.669. The highest BCUT2D eigenvalue weighted by Crippen LogP contribution is 2.18. The number of ether oxygens (including phenoxy) is 1. The van der Waals surface area contributed by atoms with Gasteiger partial charge in [-0.15, -0.1) is 0 Å². The molecule has 1 aromatic rings. The SMILES string of the molecule is CCNC(=NCC1CCCN(CC(C)C)C1)NCCc1ccccc1OC. The summed E-state index contributed by atoms with van der Waals surface area (Å²) < 4.78 is 5.44. The van der Waals surface area contributed by atoms with Gasteiger partial charge in [-0.3, -0.25) is 4.99 Å². The number of hydrogen-bond acceptors (Lipinski definition) is 3. The first-order chi connectivity index (χ1) is 13.1. The van der Waals surface area contributed by atoms with Crippen LogP contribution in [0.3, 0.4) is 0 Å². The zero-order valence-electron chi connectivity index (χ0n) is 17.6. The Morgan fingerprint density at radius 2 is 2.11 bits per heavy atom. The predicted molar refractivity (Wildman–Crippen MR) is 115 cm³/mol. The van der Waals surface area contributed by atoms with Gasteiger partial charge < -0.3 is 20.3 Å². The van der Waals surface area contributed by atoms with Gasteiger partial charge in [0.2, 0.25) is 0 Å². The van der Waals surface area contributed by atoms with E-state index in [0.717, 1.165) is 43.7 Å². The minimum Gasteiger partial charge on any atom is -0.496 e. The quantitative estimate of drug-likeness (QED) is 0.515. The lowest BCUT2D eigenvalue weighted by molar-refractivity contribution is 0.162. The number of nitrogens with zero attached hydrogens (tertiary/aromatic N) is 2. The molecular formula is C22H38N4O. The maximum absolute atomic E-state index is 5.44. The molecule has 27 heavy (non-hydrogen) atoms. The van der Waals surface area contributed by atoms with Crippen LogP contribution in [0.4, 0.5) is 0 Å². The van der Waals surface area contributed by atoms with Gasteiger partial charge in [0, 0.05) is 32.7 Å². The van der Waals surface area contributed by atoms with Crippen molar-refractivity contribution in [3.8, 4) is 5.75 Å². The van der Waals surface area contributed by atoms with Gasteiger partial charge in [0.25, 0.3) is 0 Å². The van der Waals surface area contributed by atoms with Gasteiger partial charge in [-0.25, -0.2) is 0 Å². The standard InChI is InChI=1S/C22H38N4O/c1-5-23-22(24-13-12-20-10-6-7-11-21(20)27-4)25-15-19-9-8-14-26(17-19)16-18(2)3/h6-7,10-11,18-19H,5,8-9,12-17H2,1-4H3,(H2,23,24,25). The molecule has 152 valence electrons. The van der Waals surface area contributed by atoms with Crippen molar-refractivity contribution in [2.24, 2.45) is 16.8 Å². The van der Waals surface area contributed by atoms with Crippen molar-refractivity contribution < 1.29 is 4.74 Å². The average Bonchev–Trinajstić information content (AvgIpc) is 2.66. The van der Waals surface area contributed by atoms with E-state index in [0.29, 0.717) is 5.92 Å². The van der Waals surface area contributed by atoms with Crippen LogP contribution in [0.5, 0.6) is 5.75 Å². The molecule has 0 radical (unpaired) electrons. The largest absolute Gasteiger partial charge is 0.496 e. The fourth-order valence-electron chi connectivity index (χ4n) is 3.77. The van der Waals surface area contributed by atoms with Crippen LogP contribution in [0, 0.1) is 11.8 Å². The molecule has 0 amide bonds. The van der Waals surface area contributed by atoms with E-state index in [1.54, 1.807) is 7.11 Å². The fraction of sp³-hybridized carbons (Fsp3) is 0.682. The molecule has 2 N–H and O–H groups in total. The number of hydrogen-bond donors (Lipinski definition) is 2. The lowest BCUT2D eigenvalue weighted by atomic mass is 9.97. The van der Waals surface area contributed by atoms with Crippen molar-refractivity contribution in [1.29, 1.82) is 0 Å². The van der Waals surface area contributed by atoms with Crippen molar-refractivity contribution in [3.63, 3.8) is 0 Å². The molecule has 0 aliphatic carbocycles. The van der Waals surface area contributed by atoms with Crippen LogP contribution >= 0.6 is 0 Å². The second-order valence-corrected chi connectivity index (χ2v) is 7.87. The molecule has 0 saturated carbocycles. The van der Waals surface area contributed by atoms with Crippen LogP contribution in [0.1, 0.15) is 39.2 Å². The van der Waals surface area contributed by atoms with Gasteiger partial charge >= 0.3 is 0 Å². The molecule has 1 unspecified atom stereocenters. The van der Waals surface area contributed by atoms with E-state index >= 15 is 0 Å². The molecule has 1 aromatic carbocycles. The summed E-state index contributed by atoms with van der Waals surface area (Å²) in [6, 6.07) is 8.20. The third kappa shape index (κ3) is 7.79. The van der Waals surface area contributed by atoms with E-state index in [2.05, 4.69) is 48.4 Å². The number of benzene rings is 1. The van der Waals surface area contributed by atoms with Gasteiger partial charge in [0.05, 0.1) is 7.11 Å². The first-order valence-electron chi connectivity index (χ1n) is 10.5. The van der Waals surface area contributed by atoms with Gasteiger partial charge in [0.15, 0.2) is 5.96 Å². The van der Waals surface area contributed by atoms with Crippen LogP contribution in [-0.2, 0) is 6.42 Å². The van der Waals surface area contributed by atoms with Gasteiger partial charge in [-0.05, 0) is 56.2 Å². The van der Waals surface area contributed by atoms with Crippen molar-refractivity contribution in [2.45, 2.75) is 40.0 Å². The topological polar surface area (TPSA) is 48.9 Å². The number of likely N-dealkylation sites (tertiary alicyclic amines) is 1. The molecule has 0 bridgehead atoms. The summed E-state index contributed by atoms with van der Waals surface area (Å²) in [5, 5.41) is 6.85. The molecule has 5 nitrogen and oxygen atoms in total. The van der Waals surface area contributed by atoms with Crippen LogP contribution in [0.2, 0.25) is 0 Å². The number of nitrogens with one attached hydrogen (secondary N) is 2. The molecule has 1 aliphatic rings. The second kappa shape index (κ2) is 11.9. The van der Waals surface area contributed by atoms with Crippen molar-refractivity contribution in [3.05, 3.63) is 29.8 Å². The fourth-order valence-corrected chi connectivity index (χ4v) is 3.77. The highest BCUT2D eigenvalue weighted by Gasteiger charge is 2.20. The molecule has 0 spiro atoms. The zero-order chi connectivity index (χ0) is 19.5. The number of methoxy groups -OCH3 is 1. The molecule has 0 aromatic heterocycles. The van der Waals surface area contributed by atoms with Gasteiger partial charge in [-0.2, -0.15) is 0 Å². The number of guanidine groups is 1. The Morgan fingerprint density at radius 1 is 1.30 bits per heavy atom. The third-order valence-electron chi connectivity index (χ3n) is 4.96. The van der Waals surface area contributed by atoms with E-state index in [-0.39, 0.29) is 0 Å². The Bertz CT molecular complexity index is 573. The first kappa shape index (κ1) is 21.5. The van der Waals surface area contributed by atoms with Crippen molar-refractivity contribution in [1.82, 2.24) is 15.5 Å². The number of rotatable bonds is 9. The maximum atomic E-state index is 5.44. The summed E-state index contributed by atoms with van der Waals surface area (Å²) >= 11 is 0. The zero-order valence-corrected chi connectivity index (χ0v) is 17.6. The highest BCUT2D eigenvalue weighted by molar-refractivity contribution is 5.79. The molecule has 2 rings (SSSR count). The number of piperidine rings is 1. The Balaban J connectivity index is 1.82. The monoisotopic (exact) mass is 374 g/mol. The molecule has 5 heteroatoms. The van der Waals surface area contributed by atoms with E-state index in [9.17, 15) is 0 Å². The minimum atomic E-state index is 0.669. The third-order valence-corrected chi connectivity index (χ3v) is 4.96. The molecule has 1 aliphatic heterocycles. The summed E-state index contributed by atoms with van der Waals surface area (Å²) in [6.07, 6.45) is 3.50. The van der Waals surface area contributed by atoms with Crippen molar-refractivity contribution in [2.75, 3.05) is 46.4 Å². The maximum Gasteiger partial charge on any atom is 0.191 e. The summed E-state index contributed by atoms with van der Waals surface area (Å²) in [5.41, 5.74) is 1.22. The van der Waals surface area contributed by atoms with Gasteiger partial charge in [0.1, 0.15) is 5.75 Å². The predicted octanol–water partition coefficient (Wildman–Crippen LogP) is 3.16. The molecule has 1 saturated heterocycles. The van der Waals surface area contributed by atoms with Crippen LogP contribution in [0.25, 0.3) is 0 Å². The Morgan fingerprint density at radius 3 is 2.85 bits per heavy atom. The van der Waals surface area contributed by atoms with Crippen LogP contribution in [0.15, 0.2) is 29.3 Å². The summed E-state index contributed by atoms with van der Waals surface area (Å²) in [4.78, 5) is 7.47. The summed E-state index contributed by atoms with van der Waals surface area (Å²) in [7, 11) is 1.73. The Labute approximate surface area is 165 Å². The van der Waals surface area contributed by atoms with Gasteiger partial charge in [-0.1, -0.05) is 32.0 Å². The normalized spacial score (nSPS) is 18.6. The Hall–Kier alpha value is -1.75. The van der Waals surface area contributed by atoms with Crippen LogP contribution < -0.4 is 15.4 Å². The highest BCUT2D eigenvalue weighted by atomic mass is 16.5. The van der Waals surface area contributed by atoms with Crippen LogP contribution in [-0.4, -0.2) is 57.2 Å². The molecule has 1 fully saturated rings. The van der Waals surface area contributed by atoms with E-state index < -0.39 is 0 Å². The molecule has 1 atom stereocenters. The first-order valence-corrected chi connectivity index (χ1v) is 10.5. The second-order valence-electron chi connectivity index (χ2n) is 7.87. The summed E-state index contributed by atoms with van der Waals surface area (Å²) in [6.45, 7) is 13.0. The van der Waals surface area contributed by atoms with E-state index in [4.69, 9.17) is 9.73 Å². The van der Waals surface area contributed by atoms with E-state index in [1.165, 1.54) is 38.0 Å². The smallest absolute Gasteiger partial charge is 0.191 e. The van der Waals surface area contributed by atoms with E-state index in [1.807, 2.05) is 12.1 Å².